The standard InChI is InChI=1S/C97H145NO20/c1-69-71(3)92(117-94(73(69)5)67-114-76(8)100)45-31-22-17-20-29-41-84(103)63-110-65-86(105)43-33-36-56-112-90-59-78(60-91(61-90)113-57-37-34-44-87(106)66-111-64-85(104)42-30-21-18-23-32-46-93-72(4)70(2)74(6)95(118-93)68-115-77(9)101)96(107)98-55-35-24-16-14-12-13-15-19-28-40-83(102)58-79(75(7)99)62-116-97(80-38-26-25-27-39-80,81-47-51-88(108-10)52-48-81)82-49-53-89(109-11)54-50-82/h25-27,38-39,47-54,59-61,69-75,79,92-95,99H,12-24,28-37,40-46,55-58,62-68H2,1-11H3,(H,98,107)/t69?,70?,71?,72?,73?,74?,75?,79-,92?,93?,94?,95?/m1/s1. The second-order valence-corrected chi connectivity index (χ2v) is 33.5. The number of Topliss-reactive ketones (excluding diaryl/α,β-unsaturated/α-hetero) is 5. The third-order valence-electron chi connectivity index (χ3n) is 24.4. The van der Waals surface area contributed by atoms with Crippen LogP contribution < -0.4 is 24.3 Å². The minimum absolute atomic E-state index is 0.0150. The molecule has 658 valence electrons. The van der Waals surface area contributed by atoms with Crippen molar-refractivity contribution >= 4 is 46.8 Å². The van der Waals surface area contributed by atoms with Crippen LogP contribution in [0.2, 0.25) is 0 Å². The highest BCUT2D eigenvalue weighted by atomic mass is 16.6. The molecule has 0 saturated carbocycles. The highest BCUT2D eigenvalue weighted by Gasteiger charge is 2.42. The van der Waals surface area contributed by atoms with E-state index < -0.39 is 17.6 Å². The molecule has 12 atom stereocenters. The average molecular weight is 1650 g/mol. The number of rotatable bonds is 64. The van der Waals surface area contributed by atoms with Gasteiger partial charge in [-0.05, 0) is 160 Å². The van der Waals surface area contributed by atoms with Crippen LogP contribution >= 0.6 is 0 Å². The Hall–Kier alpha value is -7.40. The Morgan fingerprint density at radius 1 is 0.415 bits per heavy atom. The smallest absolute Gasteiger partial charge is 0.302 e. The first-order chi connectivity index (χ1) is 56.9. The summed E-state index contributed by atoms with van der Waals surface area (Å²) in [7, 11) is 3.27. The average Bonchev–Trinajstić information content (AvgIpc) is 0.751. The van der Waals surface area contributed by atoms with E-state index in [4.69, 9.17) is 52.1 Å². The van der Waals surface area contributed by atoms with E-state index >= 15 is 0 Å². The molecule has 2 heterocycles. The van der Waals surface area contributed by atoms with Gasteiger partial charge in [0.1, 0.15) is 74.0 Å². The molecule has 0 radical (unpaired) electrons. The van der Waals surface area contributed by atoms with Gasteiger partial charge in [-0.2, -0.15) is 0 Å². The monoisotopic (exact) mass is 1640 g/mol. The Morgan fingerprint density at radius 3 is 1.16 bits per heavy atom. The van der Waals surface area contributed by atoms with Crippen molar-refractivity contribution in [2.45, 2.75) is 297 Å². The molecular weight excluding hydrogens is 1500 g/mol. The molecule has 2 fully saturated rings. The number of hydrogen-bond donors (Lipinski definition) is 2. The fourth-order valence-electron chi connectivity index (χ4n) is 16.1. The summed E-state index contributed by atoms with van der Waals surface area (Å²) in [6, 6.07) is 30.7. The first-order valence-corrected chi connectivity index (χ1v) is 44.6. The van der Waals surface area contributed by atoms with Crippen LogP contribution in [0.25, 0.3) is 0 Å². The third kappa shape index (κ3) is 36.5. The number of amides is 1. The number of aliphatic hydroxyl groups is 1. The van der Waals surface area contributed by atoms with Gasteiger partial charge in [0.05, 0.1) is 64.6 Å². The zero-order valence-electron chi connectivity index (χ0n) is 73.4. The number of carbonyl (C=O) groups is 8. The van der Waals surface area contributed by atoms with Gasteiger partial charge in [0.15, 0.2) is 23.1 Å². The summed E-state index contributed by atoms with van der Waals surface area (Å²) in [5.74, 6) is 3.34. The van der Waals surface area contributed by atoms with Crippen LogP contribution in [-0.4, -0.2) is 163 Å². The van der Waals surface area contributed by atoms with E-state index in [1.165, 1.54) is 13.8 Å². The topological polar surface area (TPSA) is 270 Å². The summed E-state index contributed by atoms with van der Waals surface area (Å²) in [6.07, 6.45) is 23.8. The van der Waals surface area contributed by atoms with Crippen molar-refractivity contribution in [2.75, 3.05) is 80.2 Å². The Balaban J connectivity index is 0.864. The summed E-state index contributed by atoms with van der Waals surface area (Å²) in [5, 5.41) is 14.2. The summed E-state index contributed by atoms with van der Waals surface area (Å²) >= 11 is 0. The number of ether oxygens (including phenoxy) is 11. The number of aliphatic hydroxyl groups excluding tert-OH is 1. The molecule has 0 spiro atoms. The predicted octanol–water partition coefficient (Wildman–Crippen LogP) is 18.6. The van der Waals surface area contributed by atoms with Crippen LogP contribution in [0.3, 0.4) is 0 Å². The van der Waals surface area contributed by atoms with Crippen molar-refractivity contribution < 1.29 is 95.6 Å². The van der Waals surface area contributed by atoms with Gasteiger partial charge >= 0.3 is 11.9 Å². The molecule has 1 amide bonds. The summed E-state index contributed by atoms with van der Waals surface area (Å²) < 4.78 is 64.9. The van der Waals surface area contributed by atoms with E-state index in [9.17, 15) is 43.5 Å². The first kappa shape index (κ1) is 99.4. The molecule has 0 aromatic heterocycles. The maximum atomic E-state index is 13.7. The van der Waals surface area contributed by atoms with Gasteiger partial charge < -0.3 is 62.5 Å². The maximum absolute atomic E-state index is 13.7. The van der Waals surface area contributed by atoms with Gasteiger partial charge in [-0.3, -0.25) is 38.4 Å². The molecule has 2 aliphatic rings. The van der Waals surface area contributed by atoms with Crippen LogP contribution in [0.15, 0.2) is 97.1 Å². The lowest BCUT2D eigenvalue weighted by Gasteiger charge is -2.43. The van der Waals surface area contributed by atoms with E-state index in [0.29, 0.717) is 129 Å². The lowest BCUT2D eigenvalue weighted by atomic mass is 9.75. The molecular formula is C97H145NO20. The van der Waals surface area contributed by atoms with Crippen molar-refractivity contribution in [1.29, 1.82) is 0 Å². The third-order valence-corrected chi connectivity index (χ3v) is 24.4. The zero-order chi connectivity index (χ0) is 85.5. The van der Waals surface area contributed by atoms with Gasteiger partial charge in [-0.1, -0.05) is 192 Å². The molecule has 21 nitrogen and oxygen atoms in total. The molecule has 0 aliphatic carbocycles. The molecule has 4 aromatic rings. The van der Waals surface area contributed by atoms with E-state index in [0.717, 1.165) is 152 Å². The second-order valence-electron chi connectivity index (χ2n) is 33.5. The van der Waals surface area contributed by atoms with Crippen LogP contribution in [0.1, 0.15) is 288 Å². The summed E-state index contributed by atoms with van der Waals surface area (Å²) in [6.45, 7) is 19.3. The first-order valence-electron chi connectivity index (χ1n) is 44.6. The largest absolute Gasteiger partial charge is 0.497 e. The van der Waals surface area contributed by atoms with Gasteiger partial charge in [-0.15, -0.1) is 0 Å². The van der Waals surface area contributed by atoms with Crippen molar-refractivity contribution in [3.8, 4) is 23.0 Å². The SMILES string of the molecule is COc1ccc(C(OC[C@@H](CC(=O)CCCCCCCCCCCNC(=O)c2cc(OCCCCC(=O)COCC(=O)CCCCCCCC3OC(COC(C)=O)C(C)C(C)C3C)cc(OCCCCC(=O)COCC(=O)CCCCCCCC3OC(COC(C)=O)C(C)C(C)C3C)c2)C(C)O)(c2ccccc2)c2ccc(OC)cc2)cc1. The number of hydrogen-bond acceptors (Lipinski definition) is 20. The second kappa shape index (κ2) is 56.2. The summed E-state index contributed by atoms with van der Waals surface area (Å²) in [4.78, 5) is 101. The Bertz CT molecular complexity index is 3380. The molecule has 11 unspecified atom stereocenters. The van der Waals surface area contributed by atoms with E-state index in [2.05, 4.69) is 46.9 Å². The minimum atomic E-state index is -1.07. The number of benzene rings is 4. The molecule has 2 N–H and O–H groups in total. The minimum Gasteiger partial charge on any atom is -0.497 e. The van der Waals surface area contributed by atoms with Crippen LogP contribution in [0, 0.1) is 41.4 Å². The molecule has 118 heavy (non-hydrogen) atoms. The maximum Gasteiger partial charge on any atom is 0.302 e. The van der Waals surface area contributed by atoms with Crippen LogP contribution in [0.4, 0.5) is 0 Å². The highest BCUT2D eigenvalue weighted by molar-refractivity contribution is 5.95. The number of nitrogens with one attached hydrogen (secondary N) is 1. The van der Waals surface area contributed by atoms with Crippen molar-refractivity contribution in [2.24, 2.45) is 41.4 Å². The normalized spacial score (nSPS) is 19.8. The van der Waals surface area contributed by atoms with E-state index in [1.807, 2.05) is 78.9 Å². The van der Waals surface area contributed by atoms with E-state index in [-0.39, 0.29) is 137 Å². The quantitative estimate of drug-likeness (QED) is 0.0236. The molecule has 6 rings (SSSR count). The zero-order valence-corrected chi connectivity index (χ0v) is 73.4. The molecule has 4 aromatic carbocycles. The Morgan fingerprint density at radius 2 is 0.771 bits per heavy atom. The van der Waals surface area contributed by atoms with Gasteiger partial charge in [-0.25, -0.2) is 0 Å². The van der Waals surface area contributed by atoms with Crippen LogP contribution in [0.5, 0.6) is 23.0 Å². The molecule has 0 bridgehead atoms. The number of methoxy groups -OCH3 is 2. The van der Waals surface area contributed by atoms with Crippen molar-refractivity contribution in [1.82, 2.24) is 5.32 Å². The Kier molecular flexibility index (Phi) is 47.4. The fourth-order valence-corrected chi connectivity index (χ4v) is 16.1. The molecule has 21 heteroatoms. The highest BCUT2D eigenvalue weighted by Crippen LogP contribution is 2.44. The van der Waals surface area contributed by atoms with Crippen molar-refractivity contribution in [3.63, 3.8) is 0 Å². The lowest BCUT2D eigenvalue weighted by Crippen LogP contribution is -2.46. The van der Waals surface area contributed by atoms with Gasteiger partial charge in [0.2, 0.25) is 0 Å². The number of ketones is 5. The van der Waals surface area contributed by atoms with Crippen molar-refractivity contribution in [3.05, 3.63) is 119 Å². The number of esters is 2. The van der Waals surface area contributed by atoms with E-state index in [1.54, 1.807) is 39.3 Å². The fraction of sp³-hybridized carbons (Fsp3) is 0.670. The van der Waals surface area contributed by atoms with Gasteiger partial charge in [0, 0.05) is 76.5 Å². The predicted molar refractivity (Wildman–Crippen MR) is 459 cm³/mol. The number of carbonyl (C=O) groups excluding carboxylic acids is 8. The molecule has 2 saturated heterocycles. The molecule has 2 aliphatic heterocycles. The van der Waals surface area contributed by atoms with Crippen LogP contribution in [-0.2, 0) is 72.3 Å². The van der Waals surface area contributed by atoms with Gasteiger partial charge in [0.25, 0.3) is 5.91 Å². The summed E-state index contributed by atoms with van der Waals surface area (Å²) in [5.41, 5.74) is 1.97. The Labute approximate surface area is 705 Å². The lowest BCUT2D eigenvalue weighted by molar-refractivity contribution is -0.170. The number of unbranched alkanes of at least 4 members (excludes halogenated alkanes) is 18.